The van der Waals surface area contributed by atoms with Crippen molar-refractivity contribution in [3.63, 3.8) is 0 Å². The zero-order chi connectivity index (χ0) is 15.8. The maximum atomic E-state index is 5.85. The van der Waals surface area contributed by atoms with Crippen molar-refractivity contribution in [1.29, 1.82) is 0 Å². The minimum absolute atomic E-state index is 0.482. The van der Waals surface area contributed by atoms with Crippen LogP contribution >= 0.6 is 0 Å². The molecule has 0 aliphatic carbocycles. The number of benzene rings is 1. The molecule has 4 nitrogen and oxygen atoms in total. The van der Waals surface area contributed by atoms with Crippen LogP contribution in [0.15, 0.2) is 54.9 Å². The molecule has 0 saturated carbocycles. The van der Waals surface area contributed by atoms with Crippen molar-refractivity contribution in [2.75, 3.05) is 13.7 Å². The van der Waals surface area contributed by atoms with E-state index in [2.05, 4.69) is 16.9 Å². The second-order valence-electron chi connectivity index (χ2n) is 5.16. The zero-order valence-electron chi connectivity index (χ0n) is 13.1. The Labute approximate surface area is 131 Å². The lowest BCUT2D eigenvalue weighted by Crippen LogP contribution is -2.14. The van der Waals surface area contributed by atoms with Crippen LogP contribution in [-0.2, 0) is 13.1 Å². The third kappa shape index (κ3) is 4.60. The highest BCUT2D eigenvalue weighted by Gasteiger charge is 2.10. The van der Waals surface area contributed by atoms with Gasteiger partial charge in [0.15, 0.2) is 11.5 Å². The molecule has 4 heteroatoms. The second-order valence-corrected chi connectivity index (χ2v) is 5.16. The summed E-state index contributed by atoms with van der Waals surface area (Å²) in [5, 5.41) is 3.40. The average molecular weight is 298 g/mol. The maximum Gasteiger partial charge on any atom is 0.166 e. The molecule has 0 fully saturated rings. The maximum absolute atomic E-state index is 5.85. The lowest BCUT2D eigenvalue weighted by atomic mass is 10.1. The van der Waals surface area contributed by atoms with Crippen molar-refractivity contribution in [2.45, 2.75) is 20.0 Å². The molecule has 1 aromatic heterocycles. The van der Waals surface area contributed by atoms with Gasteiger partial charge in [-0.05, 0) is 30.2 Å². The zero-order valence-corrected chi connectivity index (χ0v) is 13.1. The molecule has 22 heavy (non-hydrogen) atoms. The molecule has 0 atom stereocenters. The molecule has 0 radical (unpaired) electrons. The molecule has 0 amide bonds. The van der Waals surface area contributed by atoms with Crippen LogP contribution in [0.4, 0.5) is 0 Å². The smallest absolute Gasteiger partial charge is 0.166 e. The van der Waals surface area contributed by atoms with Crippen LogP contribution in [0.1, 0.15) is 18.1 Å². The van der Waals surface area contributed by atoms with Crippen molar-refractivity contribution in [3.8, 4) is 11.5 Å². The van der Waals surface area contributed by atoms with Gasteiger partial charge in [-0.3, -0.25) is 4.98 Å². The average Bonchev–Trinajstić information content (AvgIpc) is 2.54. The first-order valence-electron chi connectivity index (χ1n) is 7.23. The van der Waals surface area contributed by atoms with E-state index < -0.39 is 0 Å². The Balaban J connectivity index is 2.04. The lowest BCUT2D eigenvalue weighted by molar-refractivity contribution is 0.315. The number of nitrogens with one attached hydrogen (secondary N) is 1. The van der Waals surface area contributed by atoms with Crippen LogP contribution in [0.3, 0.4) is 0 Å². The molecule has 116 valence electrons. The summed E-state index contributed by atoms with van der Waals surface area (Å²) in [4.78, 5) is 4.11. The number of hydrogen-bond acceptors (Lipinski definition) is 4. The van der Waals surface area contributed by atoms with Gasteiger partial charge in [0.25, 0.3) is 0 Å². The molecule has 0 aliphatic heterocycles. The van der Waals surface area contributed by atoms with E-state index in [-0.39, 0.29) is 0 Å². The third-order valence-electron chi connectivity index (χ3n) is 3.11. The highest BCUT2D eigenvalue weighted by molar-refractivity contribution is 5.46. The lowest BCUT2D eigenvalue weighted by Gasteiger charge is -2.15. The minimum atomic E-state index is 0.482. The number of hydrogen-bond donors (Lipinski definition) is 1. The van der Waals surface area contributed by atoms with Gasteiger partial charge >= 0.3 is 0 Å². The first kappa shape index (κ1) is 16.0. The van der Waals surface area contributed by atoms with Gasteiger partial charge in [0.2, 0.25) is 0 Å². The summed E-state index contributed by atoms with van der Waals surface area (Å²) in [5.74, 6) is 1.51. The highest BCUT2D eigenvalue weighted by atomic mass is 16.5. The van der Waals surface area contributed by atoms with Crippen LogP contribution in [-0.4, -0.2) is 18.7 Å². The Morgan fingerprint density at radius 3 is 2.77 bits per heavy atom. The van der Waals surface area contributed by atoms with Gasteiger partial charge in [0.1, 0.15) is 6.61 Å². The van der Waals surface area contributed by atoms with Crippen molar-refractivity contribution in [1.82, 2.24) is 10.3 Å². The van der Waals surface area contributed by atoms with Crippen LogP contribution in [0.25, 0.3) is 0 Å². The highest BCUT2D eigenvalue weighted by Crippen LogP contribution is 2.31. The van der Waals surface area contributed by atoms with Gasteiger partial charge < -0.3 is 14.8 Å². The Kier molecular flexibility index (Phi) is 5.98. The molecule has 0 aliphatic rings. The normalized spacial score (nSPS) is 10.3. The number of rotatable bonds is 8. The molecular weight excluding hydrogens is 276 g/mol. The van der Waals surface area contributed by atoms with E-state index >= 15 is 0 Å². The van der Waals surface area contributed by atoms with E-state index in [1.54, 1.807) is 13.3 Å². The van der Waals surface area contributed by atoms with E-state index in [0.29, 0.717) is 13.2 Å². The van der Waals surface area contributed by atoms with Gasteiger partial charge in [-0.25, -0.2) is 0 Å². The first-order valence-corrected chi connectivity index (χ1v) is 7.23. The summed E-state index contributed by atoms with van der Waals surface area (Å²) in [6.45, 7) is 7.74. The van der Waals surface area contributed by atoms with Crippen LogP contribution in [0, 0.1) is 0 Å². The summed E-state index contributed by atoms with van der Waals surface area (Å²) >= 11 is 0. The first-order chi connectivity index (χ1) is 10.7. The molecule has 2 aromatic rings. The van der Waals surface area contributed by atoms with Crippen LogP contribution < -0.4 is 14.8 Å². The van der Waals surface area contributed by atoms with E-state index in [9.17, 15) is 0 Å². The van der Waals surface area contributed by atoms with Gasteiger partial charge in [0, 0.05) is 31.0 Å². The number of ether oxygens (including phenoxy) is 2. The Morgan fingerprint density at radius 1 is 1.23 bits per heavy atom. The fourth-order valence-electron chi connectivity index (χ4n) is 2.06. The van der Waals surface area contributed by atoms with Crippen LogP contribution in [0.5, 0.6) is 11.5 Å². The number of pyridine rings is 1. The molecule has 0 spiro atoms. The fourth-order valence-corrected chi connectivity index (χ4v) is 2.06. The fraction of sp³-hybridized carbons (Fsp3) is 0.278. The number of para-hydroxylation sites is 1. The predicted molar refractivity (Wildman–Crippen MR) is 88.1 cm³/mol. The second kappa shape index (κ2) is 8.20. The quantitative estimate of drug-likeness (QED) is 0.759. The Bertz CT molecular complexity index is 612. The van der Waals surface area contributed by atoms with Gasteiger partial charge in [-0.1, -0.05) is 24.8 Å². The Morgan fingerprint density at radius 2 is 2.09 bits per heavy atom. The molecule has 1 heterocycles. The van der Waals surface area contributed by atoms with Crippen molar-refractivity contribution in [2.24, 2.45) is 0 Å². The SMILES string of the molecule is C=C(C)COc1c(CNCc2cccnc2)cccc1OC. The topological polar surface area (TPSA) is 43.4 Å². The molecule has 1 aromatic carbocycles. The summed E-state index contributed by atoms with van der Waals surface area (Å²) in [6.07, 6.45) is 3.63. The molecule has 2 rings (SSSR count). The molecular formula is C18H22N2O2. The summed E-state index contributed by atoms with van der Waals surface area (Å²) in [6, 6.07) is 9.88. The summed E-state index contributed by atoms with van der Waals surface area (Å²) in [5.41, 5.74) is 3.18. The molecule has 1 N–H and O–H groups in total. The summed E-state index contributed by atoms with van der Waals surface area (Å²) < 4.78 is 11.2. The number of methoxy groups -OCH3 is 1. The van der Waals surface area contributed by atoms with E-state index in [1.165, 1.54) is 0 Å². The van der Waals surface area contributed by atoms with E-state index in [4.69, 9.17) is 9.47 Å². The van der Waals surface area contributed by atoms with Crippen LogP contribution in [0.2, 0.25) is 0 Å². The standard InChI is InChI=1S/C18H22N2O2/c1-14(2)13-22-18-16(7-4-8-17(18)21-3)12-20-11-15-6-5-9-19-10-15/h4-10,20H,1,11-13H2,2-3H3. The Hall–Kier alpha value is -2.33. The molecule has 0 unspecified atom stereocenters. The van der Waals surface area contributed by atoms with Crippen molar-refractivity contribution in [3.05, 3.63) is 66.0 Å². The third-order valence-corrected chi connectivity index (χ3v) is 3.11. The molecule has 0 saturated heterocycles. The predicted octanol–water partition coefficient (Wildman–Crippen LogP) is 3.33. The molecule has 0 bridgehead atoms. The minimum Gasteiger partial charge on any atom is -0.493 e. The van der Waals surface area contributed by atoms with E-state index in [1.807, 2.05) is 43.5 Å². The van der Waals surface area contributed by atoms with E-state index in [0.717, 1.165) is 34.7 Å². The monoisotopic (exact) mass is 298 g/mol. The van der Waals surface area contributed by atoms with Gasteiger partial charge in [-0.2, -0.15) is 0 Å². The number of aromatic nitrogens is 1. The summed E-state index contributed by atoms with van der Waals surface area (Å²) in [7, 11) is 1.65. The van der Waals surface area contributed by atoms with Crippen molar-refractivity contribution >= 4 is 0 Å². The van der Waals surface area contributed by atoms with Crippen molar-refractivity contribution < 1.29 is 9.47 Å². The number of nitrogens with zero attached hydrogens (tertiary/aromatic N) is 1. The van der Waals surface area contributed by atoms with Gasteiger partial charge in [-0.15, -0.1) is 0 Å². The van der Waals surface area contributed by atoms with Gasteiger partial charge in [0.05, 0.1) is 7.11 Å². The largest absolute Gasteiger partial charge is 0.493 e.